The summed E-state index contributed by atoms with van der Waals surface area (Å²) in [6.07, 6.45) is 2.61. The van der Waals surface area contributed by atoms with Gasteiger partial charge in [-0.2, -0.15) is 0 Å². The molecule has 122 valence electrons. The van der Waals surface area contributed by atoms with Gasteiger partial charge in [-0.15, -0.1) is 0 Å². The van der Waals surface area contributed by atoms with E-state index >= 15 is 0 Å². The summed E-state index contributed by atoms with van der Waals surface area (Å²) in [5.74, 6) is 2.27. The van der Waals surface area contributed by atoms with Gasteiger partial charge in [0.2, 0.25) is 5.75 Å². The van der Waals surface area contributed by atoms with E-state index in [-0.39, 0.29) is 0 Å². The van der Waals surface area contributed by atoms with Gasteiger partial charge >= 0.3 is 0 Å². The minimum absolute atomic E-state index is 0.579. The summed E-state index contributed by atoms with van der Waals surface area (Å²) in [5.41, 5.74) is 1.17. The highest BCUT2D eigenvalue weighted by Crippen LogP contribution is 2.40. The van der Waals surface area contributed by atoms with E-state index in [1.165, 1.54) is 24.9 Å². The van der Waals surface area contributed by atoms with Gasteiger partial charge in [-0.1, -0.05) is 6.92 Å². The fourth-order valence-electron chi connectivity index (χ4n) is 3.36. The molecule has 2 aliphatic rings. The van der Waals surface area contributed by atoms with Crippen molar-refractivity contribution in [1.82, 2.24) is 10.2 Å². The number of likely N-dealkylation sites (N-methyl/N-ethyl adjacent to an activating group) is 1. The molecule has 2 aliphatic heterocycles. The average Bonchev–Trinajstić information content (AvgIpc) is 3.01. The van der Waals surface area contributed by atoms with Crippen LogP contribution in [0.2, 0.25) is 0 Å². The fourth-order valence-corrected chi connectivity index (χ4v) is 3.36. The number of nitrogens with zero attached hydrogens (tertiary/aromatic N) is 1. The Kier molecular flexibility index (Phi) is 5.05. The number of methoxy groups -OCH3 is 1. The molecule has 3 rings (SSSR count). The SMILES string of the molecule is CCN1CCCC1CNCc1cc(OC)c2c(c1)OCCO2. The van der Waals surface area contributed by atoms with Gasteiger partial charge in [0, 0.05) is 19.1 Å². The summed E-state index contributed by atoms with van der Waals surface area (Å²) in [5, 5.41) is 3.57. The quantitative estimate of drug-likeness (QED) is 0.871. The van der Waals surface area contributed by atoms with Gasteiger partial charge in [-0.05, 0) is 43.6 Å². The zero-order valence-electron chi connectivity index (χ0n) is 13.6. The first-order valence-electron chi connectivity index (χ1n) is 8.23. The summed E-state index contributed by atoms with van der Waals surface area (Å²) in [4.78, 5) is 2.55. The Labute approximate surface area is 132 Å². The van der Waals surface area contributed by atoms with Crippen molar-refractivity contribution in [2.75, 3.05) is 40.0 Å². The van der Waals surface area contributed by atoms with Crippen molar-refractivity contribution < 1.29 is 14.2 Å². The maximum Gasteiger partial charge on any atom is 0.203 e. The minimum atomic E-state index is 0.579. The molecule has 1 saturated heterocycles. The number of likely N-dealkylation sites (tertiary alicyclic amines) is 1. The van der Waals surface area contributed by atoms with Crippen molar-refractivity contribution in [2.24, 2.45) is 0 Å². The zero-order chi connectivity index (χ0) is 15.4. The van der Waals surface area contributed by atoms with Crippen LogP contribution in [0.1, 0.15) is 25.3 Å². The maximum absolute atomic E-state index is 5.68. The summed E-state index contributed by atoms with van der Waals surface area (Å²) >= 11 is 0. The molecule has 0 spiro atoms. The van der Waals surface area contributed by atoms with Crippen LogP contribution in [0, 0.1) is 0 Å². The second-order valence-electron chi connectivity index (χ2n) is 5.88. The van der Waals surface area contributed by atoms with Crippen molar-refractivity contribution in [1.29, 1.82) is 0 Å². The van der Waals surface area contributed by atoms with Gasteiger partial charge in [-0.3, -0.25) is 4.90 Å². The lowest BCUT2D eigenvalue weighted by Crippen LogP contribution is -2.37. The smallest absolute Gasteiger partial charge is 0.203 e. The van der Waals surface area contributed by atoms with E-state index in [0.717, 1.165) is 36.9 Å². The van der Waals surface area contributed by atoms with E-state index in [4.69, 9.17) is 14.2 Å². The van der Waals surface area contributed by atoms with Crippen molar-refractivity contribution in [3.05, 3.63) is 17.7 Å². The Bertz CT molecular complexity index is 490. The Morgan fingerprint density at radius 1 is 1.32 bits per heavy atom. The van der Waals surface area contributed by atoms with Crippen molar-refractivity contribution in [3.8, 4) is 17.2 Å². The molecule has 1 N–H and O–H groups in total. The first-order chi connectivity index (χ1) is 10.8. The highest BCUT2D eigenvalue weighted by molar-refractivity contribution is 5.54. The molecule has 0 aromatic heterocycles. The number of rotatable bonds is 6. The van der Waals surface area contributed by atoms with E-state index in [0.29, 0.717) is 19.3 Å². The lowest BCUT2D eigenvalue weighted by atomic mass is 10.1. The monoisotopic (exact) mass is 306 g/mol. The van der Waals surface area contributed by atoms with Crippen LogP contribution in [-0.2, 0) is 6.54 Å². The highest BCUT2D eigenvalue weighted by Gasteiger charge is 2.22. The number of hydrogen-bond donors (Lipinski definition) is 1. The van der Waals surface area contributed by atoms with Crippen LogP contribution in [-0.4, -0.2) is 50.9 Å². The molecule has 0 bridgehead atoms. The number of hydrogen-bond acceptors (Lipinski definition) is 5. The Morgan fingerprint density at radius 2 is 2.18 bits per heavy atom. The lowest BCUT2D eigenvalue weighted by Gasteiger charge is -2.24. The molecule has 1 atom stereocenters. The molecule has 0 aliphatic carbocycles. The van der Waals surface area contributed by atoms with Gasteiger partial charge in [-0.25, -0.2) is 0 Å². The number of benzene rings is 1. The van der Waals surface area contributed by atoms with Crippen LogP contribution >= 0.6 is 0 Å². The molecular weight excluding hydrogens is 280 g/mol. The van der Waals surface area contributed by atoms with Crippen LogP contribution in [0.5, 0.6) is 17.2 Å². The molecule has 1 unspecified atom stereocenters. The van der Waals surface area contributed by atoms with E-state index in [1.807, 2.05) is 6.07 Å². The molecule has 1 fully saturated rings. The Hall–Kier alpha value is -1.46. The molecule has 0 amide bonds. The number of ether oxygens (including phenoxy) is 3. The lowest BCUT2D eigenvalue weighted by molar-refractivity contribution is 0.165. The van der Waals surface area contributed by atoms with Crippen LogP contribution in [0.25, 0.3) is 0 Å². The molecule has 1 aromatic carbocycles. The fraction of sp³-hybridized carbons (Fsp3) is 0.647. The average molecular weight is 306 g/mol. The van der Waals surface area contributed by atoms with Crippen molar-refractivity contribution in [2.45, 2.75) is 32.4 Å². The van der Waals surface area contributed by atoms with E-state index < -0.39 is 0 Å². The topological polar surface area (TPSA) is 43.0 Å². The van der Waals surface area contributed by atoms with Crippen LogP contribution in [0.3, 0.4) is 0 Å². The second kappa shape index (κ2) is 7.20. The second-order valence-corrected chi connectivity index (χ2v) is 5.88. The molecule has 2 heterocycles. The molecule has 5 heteroatoms. The summed E-state index contributed by atoms with van der Waals surface area (Å²) < 4.78 is 16.7. The zero-order valence-corrected chi connectivity index (χ0v) is 13.6. The Morgan fingerprint density at radius 3 is 3.00 bits per heavy atom. The normalized spacial score (nSPS) is 21.1. The number of fused-ring (bicyclic) bond motifs is 1. The summed E-state index contributed by atoms with van der Waals surface area (Å²) in [6.45, 7) is 7.65. The first-order valence-corrected chi connectivity index (χ1v) is 8.23. The van der Waals surface area contributed by atoms with Crippen LogP contribution in [0.15, 0.2) is 12.1 Å². The summed E-state index contributed by atoms with van der Waals surface area (Å²) in [7, 11) is 1.67. The van der Waals surface area contributed by atoms with Crippen LogP contribution < -0.4 is 19.5 Å². The molecule has 0 radical (unpaired) electrons. The van der Waals surface area contributed by atoms with Gasteiger partial charge in [0.25, 0.3) is 0 Å². The largest absolute Gasteiger partial charge is 0.493 e. The third-order valence-corrected chi connectivity index (χ3v) is 4.50. The standard InChI is InChI=1S/C17H26N2O3/c1-3-19-6-4-5-14(19)12-18-11-13-9-15(20-2)17-16(10-13)21-7-8-22-17/h9-10,14,18H,3-8,11-12H2,1-2H3. The molecule has 22 heavy (non-hydrogen) atoms. The molecule has 1 aromatic rings. The van der Waals surface area contributed by atoms with Gasteiger partial charge in [0.1, 0.15) is 13.2 Å². The van der Waals surface area contributed by atoms with E-state index in [1.54, 1.807) is 7.11 Å². The van der Waals surface area contributed by atoms with Gasteiger partial charge in [0.15, 0.2) is 11.5 Å². The predicted molar refractivity (Wildman–Crippen MR) is 86.0 cm³/mol. The molecule has 5 nitrogen and oxygen atoms in total. The number of nitrogens with one attached hydrogen (secondary N) is 1. The molecular formula is C17H26N2O3. The first kappa shape index (κ1) is 15.4. The maximum atomic E-state index is 5.68. The van der Waals surface area contributed by atoms with E-state index in [2.05, 4.69) is 23.2 Å². The third-order valence-electron chi connectivity index (χ3n) is 4.50. The Balaban J connectivity index is 1.60. The summed E-state index contributed by atoms with van der Waals surface area (Å²) in [6, 6.07) is 4.76. The predicted octanol–water partition coefficient (Wildman–Crippen LogP) is 2.04. The van der Waals surface area contributed by atoms with Crippen molar-refractivity contribution >= 4 is 0 Å². The molecule has 0 saturated carbocycles. The van der Waals surface area contributed by atoms with Gasteiger partial charge < -0.3 is 19.5 Å². The highest BCUT2D eigenvalue weighted by atomic mass is 16.6. The van der Waals surface area contributed by atoms with Crippen LogP contribution in [0.4, 0.5) is 0 Å². The third kappa shape index (κ3) is 3.31. The van der Waals surface area contributed by atoms with Gasteiger partial charge in [0.05, 0.1) is 7.11 Å². The minimum Gasteiger partial charge on any atom is -0.493 e. The van der Waals surface area contributed by atoms with Crippen molar-refractivity contribution in [3.63, 3.8) is 0 Å². The van der Waals surface area contributed by atoms with E-state index in [9.17, 15) is 0 Å².